The number of carboxylic acids is 1. The molecule has 2 N–H and O–H groups in total. The summed E-state index contributed by atoms with van der Waals surface area (Å²) in [7, 11) is 0. The average molecular weight is 512 g/mol. The Morgan fingerprint density at radius 1 is 1.17 bits per heavy atom. The van der Waals surface area contributed by atoms with Crippen LogP contribution in [0.5, 0.6) is 0 Å². The first kappa shape index (κ1) is 24.0. The van der Waals surface area contributed by atoms with Crippen LogP contribution >= 0.6 is 11.6 Å². The van der Waals surface area contributed by atoms with Gasteiger partial charge < -0.3 is 19.9 Å². The Kier molecular flexibility index (Phi) is 6.04. The number of Topliss-reactive ketones (excluding diaryl/α,β-unsaturated/α-hetero) is 1. The summed E-state index contributed by atoms with van der Waals surface area (Å²) >= 11 is 5.82. The number of fused-ring (bicyclic) bond motifs is 2. The molecule has 1 unspecified atom stereocenters. The molecule has 2 aromatic carbocycles. The maximum absolute atomic E-state index is 14.2. The molecule has 8 nitrogen and oxygen atoms in total. The van der Waals surface area contributed by atoms with Crippen LogP contribution in [0.4, 0.5) is 4.39 Å². The van der Waals surface area contributed by atoms with Crippen LogP contribution < -0.4 is 5.32 Å². The van der Waals surface area contributed by atoms with Crippen molar-refractivity contribution >= 4 is 46.1 Å². The first-order valence-corrected chi connectivity index (χ1v) is 11.9. The highest BCUT2D eigenvalue weighted by molar-refractivity contribution is 6.30. The molecule has 186 valence electrons. The fourth-order valence-corrected chi connectivity index (χ4v) is 5.30. The van der Waals surface area contributed by atoms with E-state index in [-0.39, 0.29) is 58.8 Å². The zero-order chi connectivity index (χ0) is 25.7. The van der Waals surface area contributed by atoms with E-state index in [0.29, 0.717) is 22.9 Å². The van der Waals surface area contributed by atoms with E-state index in [2.05, 4.69) is 5.32 Å². The van der Waals surface area contributed by atoms with E-state index in [9.17, 15) is 28.7 Å². The normalized spacial score (nSPS) is 20.3. The van der Waals surface area contributed by atoms with E-state index in [1.54, 1.807) is 27.8 Å². The summed E-state index contributed by atoms with van der Waals surface area (Å²) in [6.07, 6.45) is 2.91. The number of amides is 2. The number of benzene rings is 2. The van der Waals surface area contributed by atoms with E-state index in [4.69, 9.17) is 11.6 Å². The van der Waals surface area contributed by atoms with Crippen molar-refractivity contribution in [2.24, 2.45) is 5.92 Å². The summed E-state index contributed by atoms with van der Waals surface area (Å²) in [4.78, 5) is 51.6. The van der Waals surface area contributed by atoms with Gasteiger partial charge in [-0.25, -0.2) is 9.18 Å². The van der Waals surface area contributed by atoms with Crippen LogP contribution in [-0.2, 0) is 22.7 Å². The van der Waals surface area contributed by atoms with Crippen LogP contribution in [0.2, 0.25) is 5.02 Å². The van der Waals surface area contributed by atoms with Crippen LogP contribution in [0.25, 0.3) is 10.9 Å². The van der Waals surface area contributed by atoms with Crippen molar-refractivity contribution < 1.29 is 28.7 Å². The first-order chi connectivity index (χ1) is 17.2. The van der Waals surface area contributed by atoms with Gasteiger partial charge >= 0.3 is 5.97 Å². The maximum Gasteiger partial charge on any atom is 0.335 e. The highest BCUT2D eigenvalue weighted by Crippen LogP contribution is 2.48. The number of nitrogens with zero attached hydrogens (tertiary/aromatic N) is 2. The number of piperidine rings is 1. The van der Waals surface area contributed by atoms with Gasteiger partial charge in [0.05, 0.1) is 10.6 Å². The van der Waals surface area contributed by atoms with Gasteiger partial charge in [0.25, 0.3) is 0 Å². The van der Waals surface area contributed by atoms with Gasteiger partial charge in [0.1, 0.15) is 18.4 Å². The van der Waals surface area contributed by atoms with Gasteiger partial charge in [-0.05, 0) is 49.9 Å². The van der Waals surface area contributed by atoms with Crippen LogP contribution in [-0.4, -0.2) is 50.2 Å². The molecule has 0 spiro atoms. The summed E-state index contributed by atoms with van der Waals surface area (Å²) in [5.74, 6) is -2.33. The standard InChI is InChI=1S/C26H23ClFN3O5/c1-13(32)18-11-30(20-6-5-14(26(35)36)7-17(18)20)12-23(33)31-21-8-16(21)9-22(31)25(34)29-10-15-3-2-4-19(27)24(15)28/h2-7,11,16,21-22H,8-10,12H2,1H3,(H,29,34)(H,35,36)/t16?,21-,22+/m1/s1. The molecule has 1 aliphatic heterocycles. The van der Waals surface area contributed by atoms with Crippen molar-refractivity contribution in [2.75, 3.05) is 0 Å². The van der Waals surface area contributed by atoms with Crippen LogP contribution in [0.1, 0.15) is 46.0 Å². The van der Waals surface area contributed by atoms with Gasteiger partial charge in [0, 0.05) is 40.8 Å². The Balaban J connectivity index is 1.35. The molecule has 2 aliphatic rings. The third-order valence-electron chi connectivity index (χ3n) is 6.99. The Labute approximate surface area is 210 Å². The number of aromatic nitrogens is 1. The topological polar surface area (TPSA) is 109 Å². The second-order valence-electron chi connectivity index (χ2n) is 9.31. The number of nitrogens with one attached hydrogen (secondary N) is 1. The van der Waals surface area contributed by atoms with E-state index in [0.717, 1.165) is 6.42 Å². The van der Waals surface area contributed by atoms with Crippen molar-refractivity contribution in [2.45, 2.75) is 44.9 Å². The Morgan fingerprint density at radius 3 is 2.67 bits per heavy atom. The number of carbonyl (C=O) groups excluding carboxylic acids is 3. The molecule has 2 amide bonds. The first-order valence-electron chi connectivity index (χ1n) is 11.5. The molecule has 1 saturated heterocycles. The van der Waals surface area contributed by atoms with E-state index in [1.165, 1.54) is 31.2 Å². The minimum atomic E-state index is -1.11. The second-order valence-corrected chi connectivity index (χ2v) is 9.72. The molecular weight excluding hydrogens is 489 g/mol. The lowest BCUT2D eigenvalue weighted by Crippen LogP contribution is -2.48. The van der Waals surface area contributed by atoms with Gasteiger partial charge in [0.2, 0.25) is 11.8 Å². The third-order valence-corrected chi connectivity index (χ3v) is 7.28. The number of ketones is 1. The zero-order valence-corrected chi connectivity index (χ0v) is 20.1. The predicted octanol–water partition coefficient (Wildman–Crippen LogP) is 3.64. The number of hydrogen-bond acceptors (Lipinski definition) is 4. The van der Waals surface area contributed by atoms with Gasteiger partial charge in [-0.15, -0.1) is 0 Å². The smallest absolute Gasteiger partial charge is 0.335 e. The lowest BCUT2D eigenvalue weighted by Gasteiger charge is -2.27. The van der Waals surface area contributed by atoms with Gasteiger partial charge in [-0.3, -0.25) is 14.4 Å². The molecule has 36 heavy (non-hydrogen) atoms. The fourth-order valence-electron chi connectivity index (χ4n) is 5.10. The van der Waals surface area contributed by atoms with Crippen molar-refractivity contribution in [3.05, 3.63) is 70.1 Å². The summed E-state index contributed by atoms with van der Waals surface area (Å²) in [6, 6.07) is 8.30. The van der Waals surface area contributed by atoms with Crippen molar-refractivity contribution in [3.8, 4) is 0 Å². The highest BCUT2D eigenvalue weighted by Gasteiger charge is 2.55. The number of hydrogen-bond donors (Lipinski definition) is 2. The molecule has 1 aliphatic carbocycles. The van der Waals surface area contributed by atoms with Crippen molar-refractivity contribution in [1.29, 1.82) is 0 Å². The Bertz CT molecular complexity index is 1430. The quantitative estimate of drug-likeness (QED) is 0.471. The molecule has 3 atom stereocenters. The molecular formula is C26H23ClFN3O5. The van der Waals surface area contributed by atoms with E-state index < -0.39 is 17.8 Å². The summed E-state index contributed by atoms with van der Waals surface area (Å²) in [5.41, 5.74) is 1.18. The maximum atomic E-state index is 14.2. The number of likely N-dealkylation sites (tertiary alicyclic amines) is 1. The zero-order valence-electron chi connectivity index (χ0n) is 19.3. The second kappa shape index (κ2) is 9.05. The monoisotopic (exact) mass is 511 g/mol. The number of halogens is 2. The molecule has 0 bridgehead atoms. The van der Waals surface area contributed by atoms with Crippen molar-refractivity contribution in [3.63, 3.8) is 0 Å². The SMILES string of the molecule is CC(=O)c1cn(CC(=O)N2[C@@H]3CC3C[C@H]2C(=O)NCc2cccc(Cl)c2F)c2ccc(C(=O)O)cc12. The minimum Gasteiger partial charge on any atom is -0.478 e. The number of aromatic carboxylic acids is 1. The van der Waals surface area contributed by atoms with Crippen LogP contribution in [0.3, 0.4) is 0 Å². The highest BCUT2D eigenvalue weighted by atomic mass is 35.5. The predicted molar refractivity (Wildman–Crippen MR) is 129 cm³/mol. The molecule has 5 rings (SSSR count). The molecule has 2 fully saturated rings. The number of rotatable bonds is 7. The average Bonchev–Trinajstić information content (AvgIpc) is 3.35. The summed E-state index contributed by atoms with van der Waals surface area (Å²) < 4.78 is 15.8. The molecule has 1 aromatic heterocycles. The molecule has 0 radical (unpaired) electrons. The van der Waals surface area contributed by atoms with Gasteiger partial charge in [-0.2, -0.15) is 0 Å². The Morgan fingerprint density at radius 2 is 1.94 bits per heavy atom. The molecule has 10 heteroatoms. The molecule has 1 saturated carbocycles. The van der Waals surface area contributed by atoms with E-state index >= 15 is 0 Å². The largest absolute Gasteiger partial charge is 0.478 e. The molecule has 2 heterocycles. The summed E-state index contributed by atoms with van der Waals surface area (Å²) in [5, 5.41) is 12.5. The third kappa shape index (κ3) is 4.24. The lowest BCUT2D eigenvalue weighted by molar-refractivity contribution is -0.140. The molecule has 3 aromatic rings. The van der Waals surface area contributed by atoms with E-state index in [1.807, 2.05) is 0 Å². The van der Waals surface area contributed by atoms with Gasteiger partial charge in [0.15, 0.2) is 5.78 Å². The summed E-state index contributed by atoms with van der Waals surface area (Å²) in [6.45, 7) is 1.23. The van der Waals surface area contributed by atoms with Crippen LogP contribution in [0, 0.1) is 11.7 Å². The lowest BCUT2D eigenvalue weighted by atomic mass is 10.1. The fraction of sp³-hybridized carbons (Fsp3) is 0.308. The van der Waals surface area contributed by atoms with Gasteiger partial charge in [-0.1, -0.05) is 23.7 Å². The van der Waals surface area contributed by atoms with Crippen molar-refractivity contribution in [1.82, 2.24) is 14.8 Å². The van der Waals surface area contributed by atoms with Crippen LogP contribution in [0.15, 0.2) is 42.6 Å². The number of carboxylic acid groups (broad SMARTS) is 1. The Hall–Kier alpha value is -3.72. The number of carbonyl (C=O) groups is 4. The minimum absolute atomic E-state index is 0.0242.